The highest BCUT2D eigenvalue weighted by Gasteiger charge is 2.24. The van der Waals surface area contributed by atoms with Crippen molar-refractivity contribution in [1.82, 2.24) is 24.6 Å². The van der Waals surface area contributed by atoms with E-state index in [1.165, 1.54) is 17.6 Å². The average Bonchev–Trinajstić information content (AvgIpc) is 3.22. The number of carbonyl (C=O) groups excluding carboxylic acids is 1. The molecule has 1 aliphatic rings. The van der Waals surface area contributed by atoms with Crippen LogP contribution in [0.5, 0.6) is 0 Å². The molecular formula is C17H19N5O2. The van der Waals surface area contributed by atoms with Gasteiger partial charge in [0.2, 0.25) is 0 Å². The summed E-state index contributed by atoms with van der Waals surface area (Å²) in [6, 6.07) is 6.35. The van der Waals surface area contributed by atoms with Gasteiger partial charge in [-0.05, 0) is 24.6 Å². The molecule has 3 aromatic rings. The van der Waals surface area contributed by atoms with Gasteiger partial charge < -0.3 is 14.6 Å². The van der Waals surface area contributed by atoms with E-state index in [1.807, 2.05) is 6.92 Å². The van der Waals surface area contributed by atoms with Crippen molar-refractivity contribution < 1.29 is 9.53 Å². The minimum atomic E-state index is -0.240. The summed E-state index contributed by atoms with van der Waals surface area (Å²) in [4.78, 5) is 21.2. The van der Waals surface area contributed by atoms with Gasteiger partial charge in [-0.25, -0.2) is 14.5 Å². The highest BCUT2D eigenvalue weighted by atomic mass is 16.6. The van der Waals surface area contributed by atoms with Crippen molar-refractivity contribution in [1.29, 1.82) is 0 Å². The zero-order valence-electron chi connectivity index (χ0n) is 13.5. The third-order valence-corrected chi connectivity index (χ3v) is 4.38. The summed E-state index contributed by atoms with van der Waals surface area (Å²) in [5, 5.41) is 5.31. The van der Waals surface area contributed by atoms with Crippen molar-refractivity contribution in [2.75, 3.05) is 13.2 Å². The number of benzene rings is 1. The van der Waals surface area contributed by atoms with E-state index in [4.69, 9.17) is 4.74 Å². The Bertz CT molecular complexity index is 869. The van der Waals surface area contributed by atoms with Gasteiger partial charge in [-0.2, -0.15) is 5.10 Å². The predicted octanol–water partition coefficient (Wildman–Crippen LogP) is 2.32. The quantitative estimate of drug-likeness (QED) is 0.802. The van der Waals surface area contributed by atoms with Crippen LogP contribution < -0.4 is 0 Å². The number of aromatic nitrogens is 4. The third kappa shape index (κ3) is 2.62. The number of H-pyrrole nitrogens is 1. The van der Waals surface area contributed by atoms with E-state index in [0.717, 1.165) is 22.9 Å². The van der Waals surface area contributed by atoms with Crippen LogP contribution in [0.3, 0.4) is 0 Å². The number of aromatic amines is 1. The number of carbonyl (C=O) groups is 1. The lowest BCUT2D eigenvalue weighted by Gasteiger charge is -2.26. The Kier molecular flexibility index (Phi) is 3.68. The van der Waals surface area contributed by atoms with E-state index in [2.05, 4.69) is 33.3 Å². The molecule has 124 valence electrons. The van der Waals surface area contributed by atoms with Crippen LogP contribution in [0.1, 0.15) is 23.7 Å². The number of rotatable bonds is 3. The molecular weight excluding hydrogens is 306 g/mol. The normalized spacial score (nSPS) is 14.0. The van der Waals surface area contributed by atoms with E-state index in [-0.39, 0.29) is 6.09 Å². The minimum absolute atomic E-state index is 0.240. The maximum absolute atomic E-state index is 12.0. The summed E-state index contributed by atoms with van der Waals surface area (Å²) < 4.78 is 6.93. The summed E-state index contributed by atoms with van der Waals surface area (Å²) in [6.07, 6.45) is 3.82. The van der Waals surface area contributed by atoms with Gasteiger partial charge in [0.05, 0.1) is 19.7 Å². The van der Waals surface area contributed by atoms with Crippen molar-refractivity contribution in [3.63, 3.8) is 0 Å². The smallest absolute Gasteiger partial charge is 0.410 e. The van der Waals surface area contributed by atoms with Crippen LogP contribution in [-0.4, -0.2) is 43.9 Å². The zero-order chi connectivity index (χ0) is 16.5. The van der Waals surface area contributed by atoms with Crippen molar-refractivity contribution in [2.45, 2.75) is 26.4 Å². The summed E-state index contributed by atoms with van der Waals surface area (Å²) in [7, 11) is 0. The second-order valence-electron chi connectivity index (χ2n) is 5.93. The molecule has 7 nitrogen and oxygen atoms in total. The van der Waals surface area contributed by atoms with Gasteiger partial charge in [-0.3, -0.25) is 0 Å². The Morgan fingerprint density at radius 2 is 2.33 bits per heavy atom. The van der Waals surface area contributed by atoms with E-state index >= 15 is 0 Å². The Labute approximate surface area is 139 Å². The molecule has 2 aromatic heterocycles. The van der Waals surface area contributed by atoms with Gasteiger partial charge in [0.25, 0.3) is 0 Å². The lowest BCUT2D eigenvalue weighted by Crippen LogP contribution is -2.36. The average molecular weight is 325 g/mol. The van der Waals surface area contributed by atoms with Crippen LogP contribution >= 0.6 is 0 Å². The molecule has 1 amide bonds. The minimum Gasteiger partial charge on any atom is -0.450 e. The predicted molar refractivity (Wildman–Crippen MR) is 88.6 cm³/mol. The summed E-state index contributed by atoms with van der Waals surface area (Å²) in [6.45, 7) is 4.18. The molecule has 0 saturated heterocycles. The first-order chi connectivity index (χ1) is 11.7. The first-order valence-electron chi connectivity index (χ1n) is 8.11. The van der Waals surface area contributed by atoms with Gasteiger partial charge in [0, 0.05) is 35.1 Å². The molecule has 1 aromatic carbocycles. The first kappa shape index (κ1) is 14.7. The van der Waals surface area contributed by atoms with Gasteiger partial charge in [0.15, 0.2) is 0 Å². The van der Waals surface area contributed by atoms with Crippen LogP contribution in [0, 0.1) is 0 Å². The zero-order valence-corrected chi connectivity index (χ0v) is 13.5. The molecule has 7 heteroatoms. The highest BCUT2D eigenvalue weighted by molar-refractivity contribution is 5.86. The topological polar surface area (TPSA) is 76.0 Å². The molecule has 0 aliphatic carbocycles. The Hall–Kier alpha value is -2.83. The van der Waals surface area contributed by atoms with Crippen molar-refractivity contribution in [3.05, 3.63) is 47.7 Å². The maximum atomic E-state index is 12.0. The molecule has 0 spiro atoms. The van der Waals surface area contributed by atoms with Crippen LogP contribution in [0.25, 0.3) is 10.9 Å². The SMILES string of the molecule is CCOC(=O)N1CCc2[nH]c3ccc(Cn4cncn4)cc3c2C1. The number of amides is 1. The van der Waals surface area contributed by atoms with E-state index in [0.29, 0.717) is 26.2 Å². The van der Waals surface area contributed by atoms with Crippen LogP contribution in [0.4, 0.5) is 4.79 Å². The second-order valence-corrected chi connectivity index (χ2v) is 5.93. The van der Waals surface area contributed by atoms with Crippen LogP contribution in [-0.2, 0) is 24.2 Å². The maximum Gasteiger partial charge on any atom is 0.410 e. The largest absolute Gasteiger partial charge is 0.450 e. The van der Waals surface area contributed by atoms with Crippen molar-refractivity contribution in [3.8, 4) is 0 Å². The fourth-order valence-corrected chi connectivity index (χ4v) is 3.23. The van der Waals surface area contributed by atoms with E-state index < -0.39 is 0 Å². The number of hydrogen-bond acceptors (Lipinski definition) is 4. The number of nitrogens with zero attached hydrogens (tertiary/aromatic N) is 4. The molecule has 1 N–H and O–H groups in total. The van der Waals surface area contributed by atoms with Gasteiger partial charge >= 0.3 is 6.09 Å². The monoisotopic (exact) mass is 325 g/mol. The molecule has 3 heterocycles. The summed E-state index contributed by atoms with van der Waals surface area (Å²) >= 11 is 0. The fraction of sp³-hybridized carbons (Fsp3) is 0.353. The van der Waals surface area contributed by atoms with Crippen molar-refractivity contribution >= 4 is 17.0 Å². The molecule has 0 atom stereocenters. The molecule has 0 radical (unpaired) electrons. The molecule has 4 rings (SSSR count). The van der Waals surface area contributed by atoms with Gasteiger partial charge in [-0.1, -0.05) is 6.07 Å². The van der Waals surface area contributed by atoms with Gasteiger partial charge in [-0.15, -0.1) is 0 Å². The van der Waals surface area contributed by atoms with E-state index in [1.54, 1.807) is 15.9 Å². The first-order valence-corrected chi connectivity index (χ1v) is 8.11. The summed E-state index contributed by atoms with van der Waals surface area (Å²) in [5.41, 5.74) is 4.66. The van der Waals surface area contributed by atoms with E-state index in [9.17, 15) is 4.79 Å². The third-order valence-electron chi connectivity index (χ3n) is 4.38. The second kappa shape index (κ2) is 5.99. The van der Waals surface area contributed by atoms with Crippen molar-refractivity contribution in [2.24, 2.45) is 0 Å². The number of hydrogen-bond donors (Lipinski definition) is 1. The lowest BCUT2D eigenvalue weighted by atomic mass is 10.0. The molecule has 0 bridgehead atoms. The summed E-state index contributed by atoms with van der Waals surface area (Å²) in [5.74, 6) is 0. The molecule has 24 heavy (non-hydrogen) atoms. The molecule has 0 unspecified atom stereocenters. The standard InChI is InChI=1S/C17H19N5O2/c1-2-24-17(23)21-6-5-16-14(9-21)13-7-12(3-4-15(13)20-16)8-22-11-18-10-19-22/h3-4,7,10-11,20H,2,5-6,8-9H2,1H3. The fourth-order valence-electron chi connectivity index (χ4n) is 3.23. The van der Waals surface area contributed by atoms with Gasteiger partial charge in [0.1, 0.15) is 12.7 Å². The van der Waals surface area contributed by atoms with Crippen LogP contribution in [0.15, 0.2) is 30.9 Å². The van der Waals surface area contributed by atoms with Crippen LogP contribution in [0.2, 0.25) is 0 Å². The Balaban J connectivity index is 1.65. The Morgan fingerprint density at radius 1 is 1.42 bits per heavy atom. The Morgan fingerprint density at radius 3 is 3.12 bits per heavy atom. The number of ether oxygens (including phenoxy) is 1. The number of nitrogens with one attached hydrogen (secondary N) is 1. The lowest BCUT2D eigenvalue weighted by molar-refractivity contribution is 0.103. The molecule has 0 fully saturated rings. The molecule has 0 saturated carbocycles. The highest BCUT2D eigenvalue weighted by Crippen LogP contribution is 2.29. The number of fused-ring (bicyclic) bond motifs is 3. The molecule has 1 aliphatic heterocycles.